The van der Waals surface area contributed by atoms with Gasteiger partial charge in [-0.1, -0.05) is 43.6 Å². The third kappa shape index (κ3) is 4.79. The second-order valence-electron chi connectivity index (χ2n) is 5.90. The first kappa shape index (κ1) is 18.9. The van der Waals surface area contributed by atoms with Crippen molar-refractivity contribution in [1.82, 2.24) is 0 Å². The third-order valence-corrected chi connectivity index (χ3v) is 3.88. The second kappa shape index (κ2) is 8.12. The quantitative estimate of drug-likeness (QED) is 0.777. The first-order valence-electron chi connectivity index (χ1n) is 7.85. The highest BCUT2D eigenvalue weighted by Crippen LogP contribution is 2.24. The number of ether oxygens (including phenoxy) is 1. The molecule has 0 spiro atoms. The van der Waals surface area contributed by atoms with Gasteiger partial charge >= 0.3 is 5.97 Å². The topological polar surface area (TPSA) is 55.4 Å². The van der Waals surface area contributed by atoms with Crippen LogP contribution in [0.2, 0.25) is 5.02 Å². The predicted molar refractivity (Wildman–Crippen MR) is 95.4 cm³/mol. The summed E-state index contributed by atoms with van der Waals surface area (Å²) in [6, 6.07) is 10.9. The van der Waals surface area contributed by atoms with Gasteiger partial charge in [-0.05, 0) is 42.7 Å². The molecule has 0 fully saturated rings. The Hall–Kier alpha value is -2.40. The molecule has 0 aromatic heterocycles. The van der Waals surface area contributed by atoms with Gasteiger partial charge in [-0.3, -0.25) is 4.79 Å². The maximum atomic E-state index is 13.7. The number of benzene rings is 2. The molecule has 2 rings (SSSR count). The first-order valence-corrected chi connectivity index (χ1v) is 8.23. The van der Waals surface area contributed by atoms with Crippen molar-refractivity contribution in [3.63, 3.8) is 0 Å². The number of halogens is 2. The Morgan fingerprint density at radius 2 is 1.80 bits per heavy atom. The number of amides is 1. The van der Waals surface area contributed by atoms with Crippen molar-refractivity contribution in [1.29, 1.82) is 0 Å². The summed E-state index contributed by atoms with van der Waals surface area (Å²) in [5.41, 5.74) is 1.31. The Bertz CT molecular complexity index is 792. The average molecular weight is 364 g/mol. The van der Waals surface area contributed by atoms with Crippen molar-refractivity contribution in [2.45, 2.75) is 32.8 Å². The Labute approximate surface area is 150 Å². The van der Waals surface area contributed by atoms with E-state index in [0.717, 1.165) is 17.7 Å². The van der Waals surface area contributed by atoms with E-state index in [9.17, 15) is 14.0 Å². The molecule has 0 aliphatic heterocycles. The highest BCUT2D eigenvalue weighted by atomic mass is 35.5. The molecule has 0 saturated carbocycles. The van der Waals surface area contributed by atoms with Gasteiger partial charge in [0.25, 0.3) is 5.91 Å². The van der Waals surface area contributed by atoms with Crippen molar-refractivity contribution in [3.05, 3.63) is 64.4 Å². The van der Waals surface area contributed by atoms with E-state index in [0.29, 0.717) is 5.69 Å². The van der Waals surface area contributed by atoms with Crippen molar-refractivity contribution < 1.29 is 18.7 Å². The largest absolute Gasteiger partial charge is 0.449 e. The van der Waals surface area contributed by atoms with Gasteiger partial charge in [0, 0.05) is 10.7 Å². The summed E-state index contributed by atoms with van der Waals surface area (Å²) in [7, 11) is 0. The van der Waals surface area contributed by atoms with Crippen molar-refractivity contribution >= 4 is 29.2 Å². The van der Waals surface area contributed by atoms with Crippen LogP contribution in [0.1, 0.15) is 42.6 Å². The molecule has 0 radical (unpaired) electrons. The molecule has 1 N–H and O–H groups in total. The summed E-state index contributed by atoms with van der Waals surface area (Å²) >= 11 is 5.76. The molecule has 0 saturated heterocycles. The summed E-state index contributed by atoms with van der Waals surface area (Å²) in [6.07, 6.45) is -1.09. The fraction of sp³-hybridized carbons (Fsp3) is 0.263. The lowest BCUT2D eigenvalue weighted by Crippen LogP contribution is -2.30. The lowest BCUT2D eigenvalue weighted by molar-refractivity contribution is -0.123. The molecule has 2 aromatic carbocycles. The highest BCUT2D eigenvalue weighted by molar-refractivity contribution is 6.30. The van der Waals surface area contributed by atoms with Crippen LogP contribution in [0.25, 0.3) is 0 Å². The summed E-state index contributed by atoms with van der Waals surface area (Å²) in [5, 5.41) is 2.94. The SMILES string of the molecule is CC(C)c1ccccc1NC(=O)[C@@H](C)OC(=O)c1cc(Cl)ccc1F. The van der Waals surface area contributed by atoms with Crippen LogP contribution in [0.15, 0.2) is 42.5 Å². The Morgan fingerprint density at radius 3 is 2.48 bits per heavy atom. The van der Waals surface area contributed by atoms with E-state index in [1.165, 1.54) is 13.0 Å². The fourth-order valence-corrected chi connectivity index (χ4v) is 2.45. The molecule has 0 bridgehead atoms. The number of hydrogen-bond donors (Lipinski definition) is 1. The normalized spacial score (nSPS) is 11.9. The average Bonchev–Trinajstić information content (AvgIpc) is 2.57. The van der Waals surface area contributed by atoms with Gasteiger partial charge in [-0.25, -0.2) is 9.18 Å². The molecule has 4 nitrogen and oxygen atoms in total. The first-order chi connectivity index (χ1) is 11.8. The molecular weight excluding hydrogens is 345 g/mol. The minimum Gasteiger partial charge on any atom is -0.449 e. The van der Waals surface area contributed by atoms with E-state index in [-0.39, 0.29) is 16.5 Å². The number of esters is 1. The van der Waals surface area contributed by atoms with Gasteiger partial charge in [0.1, 0.15) is 5.82 Å². The maximum absolute atomic E-state index is 13.7. The molecule has 1 amide bonds. The molecule has 1 atom stereocenters. The van der Waals surface area contributed by atoms with Gasteiger partial charge in [0.05, 0.1) is 5.56 Å². The van der Waals surface area contributed by atoms with Crippen LogP contribution in [0, 0.1) is 5.82 Å². The van der Waals surface area contributed by atoms with Crippen LogP contribution in [0.4, 0.5) is 10.1 Å². The van der Waals surface area contributed by atoms with E-state index in [4.69, 9.17) is 16.3 Å². The van der Waals surface area contributed by atoms with Crippen LogP contribution in [0.5, 0.6) is 0 Å². The smallest absolute Gasteiger partial charge is 0.341 e. The zero-order valence-electron chi connectivity index (χ0n) is 14.2. The number of carbonyl (C=O) groups excluding carboxylic acids is 2. The monoisotopic (exact) mass is 363 g/mol. The number of anilines is 1. The van der Waals surface area contributed by atoms with Gasteiger partial charge in [0.15, 0.2) is 6.10 Å². The Morgan fingerprint density at radius 1 is 1.12 bits per heavy atom. The minimum atomic E-state index is -1.09. The van der Waals surface area contributed by atoms with Gasteiger partial charge in [0.2, 0.25) is 0 Å². The van der Waals surface area contributed by atoms with E-state index in [1.54, 1.807) is 12.1 Å². The Kier molecular flexibility index (Phi) is 6.15. The number of rotatable bonds is 5. The van der Waals surface area contributed by atoms with E-state index >= 15 is 0 Å². The lowest BCUT2D eigenvalue weighted by atomic mass is 10.0. The zero-order chi connectivity index (χ0) is 18.6. The summed E-state index contributed by atoms with van der Waals surface area (Å²) in [5.74, 6) is -1.98. The molecule has 0 heterocycles. The van der Waals surface area contributed by atoms with Gasteiger partial charge in [-0.15, -0.1) is 0 Å². The van der Waals surface area contributed by atoms with Crippen LogP contribution in [0.3, 0.4) is 0 Å². The minimum absolute atomic E-state index is 0.205. The molecular formula is C19H19ClFNO3. The Balaban J connectivity index is 2.08. The third-order valence-electron chi connectivity index (χ3n) is 3.64. The number of para-hydroxylation sites is 1. The van der Waals surface area contributed by atoms with Crippen molar-refractivity contribution in [2.75, 3.05) is 5.32 Å². The van der Waals surface area contributed by atoms with Crippen LogP contribution >= 0.6 is 11.6 Å². The van der Waals surface area contributed by atoms with E-state index in [1.807, 2.05) is 26.0 Å². The van der Waals surface area contributed by atoms with Gasteiger partial charge in [-0.2, -0.15) is 0 Å². The van der Waals surface area contributed by atoms with Crippen molar-refractivity contribution in [2.24, 2.45) is 0 Å². The highest BCUT2D eigenvalue weighted by Gasteiger charge is 2.22. The zero-order valence-corrected chi connectivity index (χ0v) is 14.9. The summed E-state index contributed by atoms with van der Waals surface area (Å²) in [6.45, 7) is 5.44. The predicted octanol–water partition coefficient (Wildman–Crippen LogP) is 4.79. The van der Waals surface area contributed by atoms with E-state index in [2.05, 4.69) is 5.32 Å². The molecule has 0 aliphatic rings. The number of carbonyl (C=O) groups is 2. The lowest BCUT2D eigenvalue weighted by Gasteiger charge is -2.17. The molecule has 25 heavy (non-hydrogen) atoms. The number of nitrogens with one attached hydrogen (secondary N) is 1. The van der Waals surface area contributed by atoms with Crippen LogP contribution < -0.4 is 5.32 Å². The van der Waals surface area contributed by atoms with Crippen molar-refractivity contribution in [3.8, 4) is 0 Å². The molecule has 0 aliphatic carbocycles. The summed E-state index contributed by atoms with van der Waals surface area (Å²) in [4.78, 5) is 24.4. The van der Waals surface area contributed by atoms with E-state index < -0.39 is 23.8 Å². The molecule has 6 heteroatoms. The number of hydrogen-bond acceptors (Lipinski definition) is 3. The fourth-order valence-electron chi connectivity index (χ4n) is 2.28. The molecule has 132 valence electrons. The maximum Gasteiger partial charge on any atom is 0.341 e. The standard InChI is InChI=1S/C19H19ClFNO3/c1-11(2)14-6-4-5-7-17(14)22-18(23)12(3)25-19(24)15-10-13(20)8-9-16(15)21/h4-12H,1-3H3,(H,22,23)/t12-/m1/s1. The van der Waals surface area contributed by atoms with Crippen LogP contribution in [-0.2, 0) is 9.53 Å². The summed E-state index contributed by atoms with van der Waals surface area (Å²) < 4.78 is 18.8. The molecule has 2 aromatic rings. The van der Waals surface area contributed by atoms with Crippen LogP contribution in [-0.4, -0.2) is 18.0 Å². The van der Waals surface area contributed by atoms with Gasteiger partial charge < -0.3 is 10.1 Å². The second-order valence-corrected chi connectivity index (χ2v) is 6.34. The molecule has 0 unspecified atom stereocenters.